The molecule has 2 saturated carbocycles. The van der Waals surface area contributed by atoms with Gasteiger partial charge in [-0.15, -0.1) is 0 Å². The molecule has 380 valence electrons. The minimum atomic E-state index is -2.48. The summed E-state index contributed by atoms with van der Waals surface area (Å²) in [5.74, 6) is -8.90. The summed E-state index contributed by atoms with van der Waals surface area (Å²) in [5.41, 5.74) is -7.89. The molecule has 2 amide bonds. The van der Waals surface area contributed by atoms with Crippen LogP contribution < -0.4 is 10.6 Å². The number of hydrogen-bond donors (Lipinski definition) is 5. The lowest BCUT2D eigenvalue weighted by Crippen LogP contribution is -2.82. The maximum Gasteiger partial charge on any atom is 0.350 e. The fourth-order valence-corrected chi connectivity index (χ4v) is 10.5. The number of hydrogen-bond acceptors (Lipinski definition) is 18. The van der Waals surface area contributed by atoms with E-state index in [1.807, 2.05) is 0 Å². The van der Waals surface area contributed by atoms with Crippen LogP contribution in [0.3, 0.4) is 0 Å². The molecule has 5 N–H and O–H groups in total. The molecule has 1 aliphatic heterocycles. The number of aliphatic hydroxyl groups excluding tert-OH is 2. The van der Waals surface area contributed by atoms with E-state index < -0.39 is 138 Å². The van der Waals surface area contributed by atoms with Crippen LogP contribution in [0.4, 0.5) is 0 Å². The van der Waals surface area contributed by atoms with Crippen molar-refractivity contribution < 1.29 is 86.8 Å². The smallest absolute Gasteiger partial charge is 0.350 e. The van der Waals surface area contributed by atoms with Crippen LogP contribution in [0.15, 0.2) is 71.8 Å². The molecule has 3 fully saturated rings. The van der Waals surface area contributed by atoms with Gasteiger partial charge in [0.1, 0.15) is 37.1 Å². The number of aliphatic hydroxyl groups is 3. The lowest BCUT2D eigenvalue weighted by atomic mass is 9.44. The first-order chi connectivity index (χ1) is 33.1. The Morgan fingerprint density at radius 2 is 1.53 bits per heavy atom. The van der Waals surface area contributed by atoms with Crippen LogP contribution in [0.25, 0.3) is 0 Å². The number of ketones is 1. The molecular formula is C50H62N2O18. The zero-order valence-electron chi connectivity index (χ0n) is 40.2. The number of fused-ring (bicyclic) bond motifs is 5. The summed E-state index contributed by atoms with van der Waals surface area (Å²) in [7, 11) is 0. The summed E-state index contributed by atoms with van der Waals surface area (Å²) >= 11 is 0. The van der Waals surface area contributed by atoms with Gasteiger partial charge in [0, 0.05) is 50.8 Å². The molecule has 70 heavy (non-hydrogen) atoms. The molecule has 2 aromatic carbocycles. The second kappa shape index (κ2) is 21.5. The van der Waals surface area contributed by atoms with Crippen molar-refractivity contribution in [1.29, 1.82) is 0 Å². The molecule has 0 spiro atoms. The molecule has 4 aliphatic rings. The summed E-state index contributed by atoms with van der Waals surface area (Å²) in [6.45, 7) is 7.89. The lowest BCUT2D eigenvalue weighted by molar-refractivity contribution is -0.346. The van der Waals surface area contributed by atoms with Crippen LogP contribution >= 0.6 is 0 Å². The number of nitrogens with one attached hydrogen (secondary N) is 2. The minimum Gasteiger partial charge on any atom is -0.455 e. The largest absolute Gasteiger partial charge is 0.455 e. The molecule has 2 bridgehead atoms. The highest BCUT2D eigenvalue weighted by atomic mass is 16.6. The quantitative estimate of drug-likeness (QED) is 0.0616. The van der Waals surface area contributed by atoms with Gasteiger partial charge in [-0.2, -0.15) is 0 Å². The second-order valence-electron chi connectivity index (χ2n) is 18.9. The minimum absolute atomic E-state index is 0.0218. The molecule has 6 rings (SSSR count). The standard InChI is InChI=1S/C50H62N2O18/c1-8-32(52-44(60)30-16-11-9-12-17-30)39(68-37(58)25-64-24-36(57)51-20-15-21-53)46(62)67-33-23-50(63)43(69-45(61)31-18-13-10-14-19-31)41-48(7,34(56)22-35-49(41,26-65-35)70-29(4)55)42(59)40(66-28(3)54)38(27(33)2)47(50,5)6/h9-14,16-19,32-35,39-41,43,53,56,63H,8,15,20-26H2,1-7H3,(H,51,57)(H,52,60)/t32?,33-,34-,35+,39+,40+,41-,43-,48+,49-,50+/m0/s1. The van der Waals surface area contributed by atoms with Crippen LogP contribution in [-0.2, 0) is 61.9 Å². The van der Waals surface area contributed by atoms with Gasteiger partial charge in [0.2, 0.25) is 12.0 Å². The van der Waals surface area contributed by atoms with E-state index in [2.05, 4.69) is 10.6 Å². The van der Waals surface area contributed by atoms with Gasteiger partial charge >= 0.3 is 29.8 Å². The van der Waals surface area contributed by atoms with E-state index >= 15 is 4.79 Å². The number of amides is 2. The van der Waals surface area contributed by atoms with E-state index in [9.17, 15) is 43.8 Å². The van der Waals surface area contributed by atoms with E-state index in [-0.39, 0.29) is 61.3 Å². The van der Waals surface area contributed by atoms with Crippen molar-refractivity contribution >= 4 is 47.4 Å². The van der Waals surface area contributed by atoms with Gasteiger partial charge in [0.15, 0.2) is 17.5 Å². The maximum absolute atomic E-state index is 15.6. The molecule has 11 atom stereocenters. The van der Waals surface area contributed by atoms with Gasteiger partial charge in [0.05, 0.1) is 35.6 Å². The van der Waals surface area contributed by atoms with Gasteiger partial charge in [-0.05, 0) is 62.1 Å². The lowest BCUT2D eigenvalue weighted by Gasteiger charge is -2.67. The Balaban J connectivity index is 1.48. The van der Waals surface area contributed by atoms with Gasteiger partial charge in [-0.1, -0.05) is 57.2 Å². The first-order valence-corrected chi connectivity index (χ1v) is 23.2. The molecule has 1 unspecified atom stereocenters. The molecule has 2 aromatic rings. The number of carbonyl (C=O) groups is 8. The van der Waals surface area contributed by atoms with Crippen molar-refractivity contribution in [2.24, 2.45) is 16.7 Å². The van der Waals surface area contributed by atoms with E-state index in [4.69, 9.17) is 38.3 Å². The summed E-state index contributed by atoms with van der Waals surface area (Å²) in [5, 5.41) is 40.2. The highest BCUT2D eigenvalue weighted by molar-refractivity contribution is 5.96. The van der Waals surface area contributed by atoms with Crippen molar-refractivity contribution in [3.8, 4) is 0 Å². The second-order valence-corrected chi connectivity index (χ2v) is 18.9. The number of carbonyl (C=O) groups excluding carboxylic acids is 8. The zero-order valence-corrected chi connectivity index (χ0v) is 40.2. The van der Waals surface area contributed by atoms with Gasteiger partial charge in [-0.3, -0.25) is 24.0 Å². The van der Waals surface area contributed by atoms with Crippen LogP contribution in [-0.4, -0.2) is 150 Å². The van der Waals surface area contributed by atoms with Crippen LogP contribution in [0.5, 0.6) is 0 Å². The molecule has 0 radical (unpaired) electrons. The summed E-state index contributed by atoms with van der Waals surface area (Å²) in [4.78, 5) is 110. The predicted octanol–water partition coefficient (Wildman–Crippen LogP) is 1.84. The third-order valence-electron chi connectivity index (χ3n) is 14.2. The van der Waals surface area contributed by atoms with Crippen molar-refractivity contribution in [1.82, 2.24) is 10.6 Å². The van der Waals surface area contributed by atoms with Gasteiger partial charge < -0.3 is 59.1 Å². The average molecular weight is 979 g/mol. The Labute approximate surface area is 404 Å². The Bertz CT molecular complexity index is 2360. The third-order valence-corrected chi connectivity index (χ3v) is 14.2. The number of benzene rings is 2. The fraction of sp³-hybridized carbons (Fsp3) is 0.560. The molecular weight excluding hydrogens is 917 g/mol. The monoisotopic (exact) mass is 978 g/mol. The van der Waals surface area contributed by atoms with Crippen LogP contribution in [0.2, 0.25) is 0 Å². The van der Waals surface area contributed by atoms with Gasteiger partial charge in [0.25, 0.3) is 5.91 Å². The Morgan fingerprint density at radius 3 is 2.10 bits per heavy atom. The molecule has 3 aliphatic carbocycles. The Morgan fingerprint density at radius 1 is 0.886 bits per heavy atom. The Hall–Kier alpha value is -6.06. The van der Waals surface area contributed by atoms with E-state index in [0.717, 1.165) is 13.8 Å². The van der Waals surface area contributed by atoms with E-state index in [0.29, 0.717) is 0 Å². The summed E-state index contributed by atoms with van der Waals surface area (Å²) in [6.07, 6.45) is -10.6. The fourth-order valence-electron chi connectivity index (χ4n) is 10.5. The highest BCUT2D eigenvalue weighted by Gasteiger charge is 2.78. The first kappa shape index (κ1) is 53.3. The number of Topliss-reactive ketones (excluding diaryl/α,β-unsaturated/α-hetero) is 1. The van der Waals surface area contributed by atoms with E-state index in [1.165, 1.54) is 52.0 Å². The molecule has 20 heteroatoms. The molecule has 0 aromatic heterocycles. The molecule has 1 heterocycles. The number of rotatable bonds is 18. The maximum atomic E-state index is 15.6. The zero-order chi connectivity index (χ0) is 51.3. The topological polar surface area (TPSA) is 286 Å². The van der Waals surface area contributed by atoms with Crippen molar-refractivity contribution in [3.63, 3.8) is 0 Å². The summed E-state index contributed by atoms with van der Waals surface area (Å²) in [6, 6.07) is 14.4. The third kappa shape index (κ3) is 10.2. The summed E-state index contributed by atoms with van der Waals surface area (Å²) < 4.78 is 41.4. The normalized spacial score (nSPS) is 29.4. The molecule has 1 saturated heterocycles. The molecule has 20 nitrogen and oxygen atoms in total. The van der Waals surface area contributed by atoms with Crippen molar-refractivity contribution in [3.05, 3.63) is 82.9 Å². The predicted molar refractivity (Wildman–Crippen MR) is 242 cm³/mol. The Kier molecular flexibility index (Phi) is 16.4. The highest BCUT2D eigenvalue weighted by Crippen LogP contribution is 2.64. The van der Waals surface area contributed by atoms with E-state index in [1.54, 1.807) is 43.3 Å². The van der Waals surface area contributed by atoms with Crippen molar-refractivity contribution in [2.45, 2.75) is 128 Å². The average Bonchev–Trinajstić information content (AvgIpc) is 3.31. The SMILES string of the molecule is CCC(NC(=O)c1ccccc1)[C@@H](OC(=O)COCC(=O)NCCCO)C(=O)O[C@H]1C[C@@]2(O)[C@@H](OC(=O)c3ccccc3)[C@@H]3[C@]4(OC(C)=O)CO[C@@H]4C[C@H](O)[C@@]3(C)C(=O)[C@H](OC(C)=O)C(=C1C)C2(C)C. The number of ether oxygens (including phenoxy) is 7. The first-order valence-electron chi connectivity index (χ1n) is 23.2. The van der Waals surface area contributed by atoms with Gasteiger partial charge in [-0.25, -0.2) is 14.4 Å². The number of esters is 5. The van der Waals surface area contributed by atoms with Crippen LogP contribution in [0, 0.1) is 16.7 Å². The van der Waals surface area contributed by atoms with Crippen LogP contribution in [0.1, 0.15) is 94.9 Å². The van der Waals surface area contributed by atoms with Crippen molar-refractivity contribution in [2.75, 3.05) is 33.0 Å².